The standard InChI is InChI=1S/C19H26O6/c1-6-9-22-17(21)23-12-7-8-19(5)14(20)10-13-16(15(19)11(12)2)25-18(3,4)24-13/h6,13,15-16H,1,7-10H2,2-5H3/t13-,15-,16+,19+/m1/s1. The van der Waals surface area contributed by atoms with Crippen LogP contribution in [0.15, 0.2) is 24.0 Å². The van der Waals surface area contributed by atoms with E-state index >= 15 is 0 Å². The Morgan fingerprint density at radius 1 is 1.36 bits per heavy atom. The summed E-state index contributed by atoms with van der Waals surface area (Å²) in [5.41, 5.74) is 0.348. The van der Waals surface area contributed by atoms with Crippen molar-refractivity contribution in [1.82, 2.24) is 0 Å². The highest BCUT2D eigenvalue weighted by atomic mass is 16.8. The molecule has 0 aromatic rings. The molecule has 4 atom stereocenters. The highest BCUT2D eigenvalue weighted by molar-refractivity contribution is 5.87. The van der Waals surface area contributed by atoms with Gasteiger partial charge >= 0.3 is 6.16 Å². The molecule has 1 saturated heterocycles. The fraction of sp³-hybridized carbons (Fsp3) is 0.684. The first kappa shape index (κ1) is 18.1. The van der Waals surface area contributed by atoms with Crippen molar-refractivity contribution < 1.29 is 28.5 Å². The van der Waals surface area contributed by atoms with Gasteiger partial charge in [0.25, 0.3) is 0 Å². The molecule has 0 aromatic heterocycles. The number of hydrogen-bond acceptors (Lipinski definition) is 6. The van der Waals surface area contributed by atoms with Crippen LogP contribution in [0.4, 0.5) is 4.79 Å². The molecule has 1 heterocycles. The van der Waals surface area contributed by atoms with E-state index in [1.54, 1.807) is 0 Å². The average Bonchev–Trinajstić information content (AvgIpc) is 2.82. The maximum Gasteiger partial charge on any atom is 0.513 e. The first-order valence-electron chi connectivity index (χ1n) is 8.72. The van der Waals surface area contributed by atoms with Crippen LogP contribution in [0.3, 0.4) is 0 Å². The number of carbonyl (C=O) groups excluding carboxylic acids is 2. The molecule has 3 rings (SSSR count). The molecule has 0 N–H and O–H groups in total. The smallest absolute Gasteiger partial charge is 0.430 e. The molecule has 2 aliphatic carbocycles. The third-order valence-electron chi connectivity index (χ3n) is 5.56. The Morgan fingerprint density at radius 2 is 2.08 bits per heavy atom. The van der Waals surface area contributed by atoms with Crippen molar-refractivity contribution >= 4 is 11.9 Å². The number of allylic oxidation sites excluding steroid dienone is 1. The summed E-state index contributed by atoms with van der Waals surface area (Å²) < 4.78 is 22.4. The molecule has 0 spiro atoms. The van der Waals surface area contributed by atoms with Crippen LogP contribution in [0.5, 0.6) is 0 Å². The van der Waals surface area contributed by atoms with Gasteiger partial charge in [0.1, 0.15) is 18.1 Å². The lowest BCUT2D eigenvalue weighted by molar-refractivity contribution is -0.151. The zero-order valence-corrected chi connectivity index (χ0v) is 15.3. The first-order chi connectivity index (χ1) is 11.7. The third-order valence-corrected chi connectivity index (χ3v) is 5.56. The minimum absolute atomic E-state index is 0.0978. The number of rotatable bonds is 3. The van der Waals surface area contributed by atoms with Crippen molar-refractivity contribution in [2.75, 3.05) is 6.61 Å². The number of ether oxygens (including phenoxy) is 4. The summed E-state index contributed by atoms with van der Waals surface area (Å²) in [5.74, 6) is -0.134. The number of ketones is 1. The van der Waals surface area contributed by atoms with Crippen LogP contribution < -0.4 is 0 Å². The Morgan fingerprint density at radius 3 is 2.76 bits per heavy atom. The first-order valence-corrected chi connectivity index (χ1v) is 8.72. The Kier molecular flexibility index (Phi) is 4.54. The molecule has 0 radical (unpaired) electrons. The van der Waals surface area contributed by atoms with E-state index in [0.717, 1.165) is 5.57 Å². The number of hydrogen-bond donors (Lipinski definition) is 0. The van der Waals surface area contributed by atoms with Crippen molar-refractivity contribution in [3.8, 4) is 0 Å². The second kappa shape index (κ2) is 6.25. The zero-order valence-electron chi connectivity index (χ0n) is 15.3. The largest absolute Gasteiger partial charge is 0.513 e. The third kappa shape index (κ3) is 3.13. The minimum atomic E-state index is -0.750. The van der Waals surface area contributed by atoms with Crippen molar-refractivity contribution in [3.63, 3.8) is 0 Å². The van der Waals surface area contributed by atoms with E-state index in [1.807, 2.05) is 27.7 Å². The van der Waals surface area contributed by atoms with Gasteiger partial charge in [-0.15, -0.1) is 0 Å². The second-order valence-electron chi connectivity index (χ2n) is 7.72. The zero-order chi connectivity index (χ0) is 18.4. The molecule has 6 heteroatoms. The Balaban J connectivity index is 1.90. The van der Waals surface area contributed by atoms with Gasteiger partial charge in [-0.1, -0.05) is 19.6 Å². The molecule has 0 amide bonds. The predicted octanol–water partition coefficient (Wildman–Crippen LogP) is 3.51. The normalized spacial score (nSPS) is 36.5. The van der Waals surface area contributed by atoms with Crippen LogP contribution in [-0.2, 0) is 23.7 Å². The minimum Gasteiger partial charge on any atom is -0.430 e. The summed E-state index contributed by atoms with van der Waals surface area (Å²) in [6.07, 6.45) is 1.76. The summed E-state index contributed by atoms with van der Waals surface area (Å²) in [6, 6.07) is 0. The number of fused-ring (bicyclic) bond motifs is 3. The summed E-state index contributed by atoms with van der Waals surface area (Å²) >= 11 is 0. The van der Waals surface area contributed by atoms with Crippen LogP contribution in [0, 0.1) is 11.3 Å². The van der Waals surface area contributed by atoms with Crippen LogP contribution >= 0.6 is 0 Å². The molecule has 0 aromatic carbocycles. The van der Waals surface area contributed by atoms with E-state index in [0.29, 0.717) is 25.0 Å². The van der Waals surface area contributed by atoms with Crippen molar-refractivity contribution in [2.45, 2.75) is 65.0 Å². The van der Waals surface area contributed by atoms with Crippen molar-refractivity contribution in [2.24, 2.45) is 11.3 Å². The van der Waals surface area contributed by atoms with Gasteiger partial charge < -0.3 is 18.9 Å². The van der Waals surface area contributed by atoms with Gasteiger partial charge in [0.05, 0.1) is 12.2 Å². The Labute approximate surface area is 148 Å². The van der Waals surface area contributed by atoms with E-state index in [-0.39, 0.29) is 30.5 Å². The van der Waals surface area contributed by atoms with Gasteiger partial charge in [0.15, 0.2) is 5.79 Å². The van der Waals surface area contributed by atoms with E-state index in [2.05, 4.69) is 6.58 Å². The maximum absolute atomic E-state index is 12.8. The summed E-state index contributed by atoms with van der Waals surface area (Å²) in [5, 5.41) is 0. The lowest BCUT2D eigenvalue weighted by Gasteiger charge is -2.48. The van der Waals surface area contributed by atoms with Crippen LogP contribution in [0.25, 0.3) is 0 Å². The molecule has 3 aliphatic rings. The summed E-state index contributed by atoms with van der Waals surface area (Å²) in [4.78, 5) is 24.6. The Hall–Kier alpha value is -1.66. The average molecular weight is 350 g/mol. The molecular formula is C19H26O6. The predicted molar refractivity (Wildman–Crippen MR) is 89.6 cm³/mol. The van der Waals surface area contributed by atoms with Crippen molar-refractivity contribution in [3.05, 3.63) is 24.0 Å². The van der Waals surface area contributed by atoms with Gasteiger partial charge in [-0.3, -0.25) is 4.79 Å². The Bertz CT molecular complexity index is 634. The highest BCUT2D eigenvalue weighted by Crippen LogP contribution is 2.54. The van der Waals surface area contributed by atoms with E-state index < -0.39 is 17.4 Å². The molecule has 2 fully saturated rings. The molecule has 138 valence electrons. The fourth-order valence-electron chi connectivity index (χ4n) is 4.41. The van der Waals surface area contributed by atoms with Gasteiger partial charge in [0.2, 0.25) is 0 Å². The number of Topliss-reactive ketones (excluding diaryl/α,β-unsaturated/α-hetero) is 1. The van der Waals surface area contributed by atoms with Gasteiger partial charge in [-0.2, -0.15) is 0 Å². The van der Waals surface area contributed by atoms with E-state index in [1.165, 1.54) is 6.08 Å². The SMILES string of the molecule is C=CCOC(=O)OC1=C(C)[C@@H]2[C@H]3OC(C)(C)O[C@@H]3CC(=O)[C@]2(C)CC1. The monoisotopic (exact) mass is 350 g/mol. The van der Waals surface area contributed by atoms with E-state index in [4.69, 9.17) is 18.9 Å². The quantitative estimate of drug-likeness (QED) is 0.573. The van der Waals surface area contributed by atoms with Crippen molar-refractivity contribution in [1.29, 1.82) is 0 Å². The highest BCUT2D eigenvalue weighted by Gasteiger charge is 2.60. The lowest BCUT2D eigenvalue weighted by atomic mass is 9.57. The lowest BCUT2D eigenvalue weighted by Crippen LogP contribution is -2.54. The maximum atomic E-state index is 12.8. The van der Waals surface area contributed by atoms with Gasteiger partial charge in [-0.05, 0) is 32.8 Å². The molecule has 25 heavy (non-hydrogen) atoms. The molecular weight excluding hydrogens is 324 g/mol. The van der Waals surface area contributed by atoms with E-state index in [9.17, 15) is 9.59 Å². The molecule has 0 unspecified atom stereocenters. The molecule has 1 aliphatic heterocycles. The van der Waals surface area contributed by atoms with Crippen LogP contribution in [0.2, 0.25) is 0 Å². The molecule has 0 bridgehead atoms. The second-order valence-corrected chi connectivity index (χ2v) is 7.72. The molecule has 1 saturated carbocycles. The fourth-order valence-corrected chi connectivity index (χ4v) is 4.41. The summed E-state index contributed by atoms with van der Waals surface area (Å²) in [6.45, 7) is 11.2. The molecule has 6 nitrogen and oxygen atoms in total. The van der Waals surface area contributed by atoms with Crippen LogP contribution in [0.1, 0.15) is 47.0 Å². The van der Waals surface area contributed by atoms with Gasteiger partial charge in [0, 0.05) is 24.2 Å². The number of carbonyl (C=O) groups is 2. The summed E-state index contributed by atoms with van der Waals surface area (Å²) in [7, 11) is 0. The topological polar surface area (TPSA) is 71.1 Å². The van der Waals surface area contributed by atoms with Crippen LogP contribution in [-0.4, -0.2) is 36.5 Å². The van der Waals surface area contributed by atoms with Gasteiger partial charge in [-0.25, -0.2) is 4.79 Å².